The monoisotopic (exact) mass is 193 g/mol. The molecule has 0 aliphatic rings. The van der Waals surface area contributed by atoms with Gasteiger partial charge in [-0.2, -0.15) is 0 Å². The highest BCUT2D eigenvalue weighted by atomic mass is 16.3. The molecule has 1 rings (SSSR count). The largest absolute Gasteiger partial charge is 0.393 e. The molecule has 0 saturated carbocycles. The van der Waals surface area contributed by atoms with Crippen LogP contribution in [0.15, 0.2) is 24.3 Å². The predicted molar refractivity (Wildman–Crippen MR) is 59.3 cm³/mol. The molecular formula is C12H19NO. The van der Waals surface area contributed by atoms with Gasteiger partial charge in [-0.25, -0.2) is 0 Å². The highest BCUT2D eigenvalue weighted by Gasteiger charge is 2.11. The molecular weight excluding hydrogens is 174 g/mol. The van der Waals surface area contributed by atoms with E-state index >= 15 is 0 Å². The van der Waals surface area contributed by atoms with Crippen LogP contribution in [0.5, 0.6) is 0 Å². The van der Waals surface area contributed by atoms with Crippen LogP contribution in [0, 0.1) is 6.92 Å². The fourth-order valence-corrected chi connectivity index (χ4v) is 1.62. The highest BCUT2D eigenvalue weighted by molar-refractivity contribution is 5.24. The second-order valence-corrected chi connectivity index (χ2v) is 3.93. The molecule has 0 amide bonds. The molecule has 0 bridgehead atoms. The van der Waals surface area contributed by atoms with Gasteiger partial charge in [0.25, 0.3) is 0 Å². The summed E-state index contributed by atoms with van der Waals surface area (Å²) < 4.78 is 0. The molecule has 0 aliphatic carbocycles. The zero-order valence-electron chi connectivity index (χ0n) is 8.90. The molecule has 0 spiro atoms. The summed E-state index contributed by atoms with van der Waals surface area (Å²) in [5.41, 5.74) is 8.15. The van der Waals surface area contributed by atoms with Crippen LogP contribution in [0.1, 0.15) is 30.4 Å². The Balaban J connectivity index is 2.73. The Morgan fingerprint density at radius 3 is 2.29 bits per heavy atom. The molecule has 0 saturated heterocycles. The molecule has 2 heteroatoms. The lowest BCUT2D eigenvalue weighted by molar-refractivity contribution is 0.175. The van der Waals surface area contributed by atoms with Gasteiger partial charge in [0.2, 0.25) is 0 Å². The van der Waals surface area contributed by atoms with E-state index in [9.17, 15) is 5.11 Å². The van der Waals surface area contributed by atoms with Gasteiger partial charge >= 0.3 is 0 Å². The standard InChI is InChI=1S/C12H19NO/c1-9-3-5-11(6-4-9)12(8-13)7-10(2)14/h3-6,10,12,14H,7-8,13H2,1-2H3. The van der Waals surface area contributed by atoms with Crippen LogP contribution in [0.4, 0.5) is 0 Å². The van der Waals surface area contributed by atoms with E-state index in [1.165, 1.54) is 11.1 Å². The maximum Gasteiger partial charge on any atom is 0.0518 e. The van der Waals surface area contributed by atoms with Crippen molar-refractivity contribution in [1.29, 1.82) is 0 Å². The van der Waals surface area contributed by atoms with Gasteiger partial charge in [0, 0.05) is 0 Å². The van der Waals surface area contributed by atoms with Gasteiger partial charge in [0.15, 0.2) is 0 Å². The van der Waals surface area contributed by atoms with Crippen molar-refractivity contribution in [2.75, 3.05) is 6.54 Å². The zero-order valence-corrected chi connectivity index (χ0v) is 8.90. The normalized spacial score (nSPS) is 15.1. The van der Waals surface area contributed by atoms with Crippen LogP contribution in [-0.2, 0) is 0 Å². The SMILES string of the molecule is Cc1ccc(C(CN)CC(C)O)cc1. The third kappa shape index (κ3) is 3.13. The molecule has 2 unspecified atom stereocenters. The lowest BCUT2D eigenvalue weighted by atomic mass is 9.93. The Morgan fingerprint density at radius 2 is 1.86 bits per heavy atom. The maximum absolute atomic E-state index is 9.31. The lowest BCUT2D eigenvalue weighted by Crippen LogP contribution is -2.17. The Kier molecular flexibility index (Phi) is 4.11. The third-order valence-electron chi connectivity index (χ3n) is 2.46. The van der Waals surface area contributed by atoms with Crippen molar-refractivity contribution in [2.24, 2.45) is 5.73 Å². The van der Waals surface area contributed by atoms with E-state index in [1.54, 1.807) is 6.92 Å². The van der Waals surface area contributed by atoms with Gasteiger partial charge in [-0.15, -0.1) is 0 Å². The molecule has 2 nitrogen and oxygen atoms in total. The number of aryl methyl sites for hydroxylation is 1. The molecule has 3 N–H and O–H groups in total. The third-order valence-corrected chi connectivity index (χ3v) is 2.46. The summed E-state index contributed by atoms with van der Waals surface area (Å²) in [6, 6.07) is 8.35. The van der Waals surface area contributed by atoms with E-state index in [0.29, 0.717) is 6.54 Å². The van der Waals surface area contributed by atoms with Gasteiger partial charge in [-0.3, -0.25) is 0 Å². The first-order valence-corrected chi connectivity index (χ1v) is 5.08. The van der Waals surface area contributed by atoms with Crippen molar-refractivity contribution in [2.45, 2.75) is 32.3 Å². The van der Waals surface area contributed by atoms with E-state index in [0.717, 1.165) is 6.42 Å². The van der Waals surface area contributed by atoms with Crippen molar-refractivity contribution >= 4 is 0 Å². The first-order chi connectivity index (χ1) is 6.63. The summed E-state index contributed by atoms with van der Waals surface area (Å²) in [6.07, 6.45) is 0.449. The Morgan fingerprint density at radius 1 is 1.29 bits per heavy atom. The summed E-state index contributed by atoms with van der Waals surface area (Å²) in [4.78, 5) is 0. The Bertz CT molecular complexity index is 266. The Hall–Kier alpha value is -0.860. The molecule has 0 aromatic heterocycles. The van der Waals surface area contributed by atoms with Gasteiger partial charge < -0.3 is 10.8 Å². The molecule has 1 aromatic carbocycles. The average molecular weight is 193 g/mol. The quantitative estimate of drug-likeness (QED) is 0.766. The summed E-state index contributed by atoms with van der Waals surface area (Å²) in [6.45, 7) is 4.46. The van der Waals surface area contributed by atoms with E-state index in [1.807, 2.05) is 0 Å². The molecule has 1 aromatic rings. The van der Waals surface area contributed by atoms with E-state index in [-0.39, 0.29) is 12.0 Å². The number of aliphatic hydroxyl groups excluding tert-OH is 1. The fourth-order valence-electron chi connectivity index (χ4n) is 1.62. The Labute approximate surface area is 85.8 Å². The first-order valence-electron chi connectivity index (χ1n) is 5.08. The second kappa shape index (κ2) is 5.13. The van der Waals surface area contributed by atoms with Crippen LogP contribution in [0.2, 0.25) is 0 Å². The number of benzene rings is 1. The van der Waals surface area contributed by atoms with Gasteiger partial charge in [-0.05, 0) is 38.3 Å². The van der Waals surface area contributed by atoms with Crippen LogP contribution in [0.3, 0.4) is 0 Å². The second-order valence-electron chi connectivity index (χ2n) is 3.93. The number of nitrogens with two attached hydrogens (primary N) is 1. The smallest absolute Gasteiger partial charge is 0.0518 e. The number of rotatable bonds is 4. The average Bonchev–Trinajstić information content (AvgIpc) is 2.15. The topological polar surface area (TPSA) is 46.2 Å². The molecule has 78 valence electrons. The van der Waals surface area contributed by atoms with E-state index < -0.39 is 0 Å². The van der Waals surface area contributed by atoms with Crippen LogP contribution < -0.4 is 5.73 Å². The molecule has 0 heterocycles. The number of hydrogen-bond donors (Lipinski definition) is 2. The fraction of sp³-hybridized carbons (Fsp3) is 0.500. The van der Waals surface area contributed by atoms with Crippen molar-refractivity contribution in [1.82, 2.24) is 0 Å². The minimum atomic E-state index is -0.287. The van der Waals surface area contributed by atoms with Crippen LogP contribution in [0.25, 0.3) is 0 Å². The number of aliphatic hydroxyl groups is 1. The molecule has 0 fully saturated rings. The molecule has 2 atom stereocenters. The van der Waals surface area contributed by atoms with Crippen molar-refractivity contribution in [3.05, 3.63) is 35.4 Å². The molecule has 14 heavy (non-hydrogen) atoms. The summed E-state index contributed by atoms with van der Waals surface area (Å²) in [5.74, 6) is 0.274. The zero-order chi connectivity index (χ0) is 10.6. The van der Waals surface area contributed by atoms with Gasteiger partial charge in [-0.1, -0.05) is 29.8 Å². The van der Waals surface area contributed by atoms with Crippen LogP contribution >= 0.6 is 0 Å². The highest BCUT2D eigenvalue weighted by Crippen LogP contribution is 2.20. The van der Waals surface area contributed by atoms with Crippen molar-refractivity contribution in [3.63, 3.8) is 0 Å². The van der Waals surface area contributed by atoms with Crippen molar-refractivity contribution < 1.29 is 5.11 Å². The summed E-state index contributed by atoms with van der Waals surface area (Å²) >= 11 is 0. The van der Waals surface area contributed by atoms with Crippen LogP contribution in [-0.4, -0.2) is 17.8 Å². The summed E-state index contributed by atoms with van der Waals surface area (Å²) in [7, 11) is 0. The van der Waals surface area contributed by atoms with Crippen molar-refractivity contribution in [3.8, 4) is 0 Å². The summed E-state index contributed by atoms with van der Waals surface area (Å²) in [5, 5.41) is 9.31. The van der Waals surface area contributed by atoms with E-state index in [4.69, 9.17) is 5.73 Å². The maximum atomic E-state index is 9.31. The van der Waals surface area contributed by atoms with E-state index in [2.05, 4.69) is 31.2 Å². The predicted octanol–water partition coefficient (Wildman–Crippen LogP) is 1.81. The molecule has 0 aliphatic heterocycles. The number of hydrogen-bond acceptors (Lipinski definition) is 2. The van der Waals surface area contributed by atoms with Gasteiger partial charge in [0.1, 0.15) is 0 Å². The first kappa shape index (κ1) is 11.2. The van der Waals surface area contributed by atoms with Gasteiger partial charge in [0.05, 0.1) is 6.10 Å². The lowest BCUT2D eigenvalue weighted by Gasteiger charge is -2.16. The molecule has 0 radical (unpaired) electrons. The minimum Gasteiger partial charge on any atom is -0.393 e. The minimum absolute atomic E-state index is 0.274.